The van der Waals surface area contributed by atoms with Gasteiger partial charge in [-0.3, -0.25) is 4.40 Å². The third-order valence-corrected chi connectivity index (χ3v) is 4.08. The van der Waals surface area contributed by atoms with Crippen LogP contribution in [0, 0.1) is 13.8 Å². The van der Waals surface area contributed by atoms with Crippen LogP contribution in [0.3, 0.4) is 0 Å². The van der Waals surface area contributed by atoms with Gasteiger partial charge in [-0.05, 0) is 29.8 Å². The second kappa shape index (κ2) is 6.54. The lowest BCUT2D eigenvalue weighted by molar-refractivity contribution is 0.122. The van der Waals surface area contributed by atoms with Crippen LogP contribution in [-0.2, 0) is 4.74 Å². The third kappa shape index (κ3) is 2.81. The van der Waals surface area contributed by atoms with Gasteiger partial charge >= 0.3 is 0 Å². The van der Waals surface area contributed by atoms with Gasteiger partial charge in [-0.15, -0.1) is 0 Å². The minimum Gasteiger partial charge on any atom is -0.378 e. The molecule has 0 aromatic carbocycles. The Morgan fingerprint density at radius 1 is 1.15 bits per heavy atom. The molecule has 0 aliphatic carbocycles. The molecule has 110 valence electrons. The van der Waals surface area contributed by atoms with Gasteiger partial charge in [0.15, 0.2) is 11.5 Å². The van der Waals surface area contributed by atoms with Crippen molar-refractivity contribution in [2.24, 2.45) is 0 Å². The summed E-state index contributed by atoms with van der Waals surface area (Å²) >= 11 is 3.57. The molecule has 20 heavy (non-hydrogen) atoms. The summed E-state index contributed by atoms with van der Waals surface area (Å²) in [7, 11) is 0. The van der Waals surface area contributed by atoms with Gasteiger partial charge < -0.3 is 9.64 Å². The van der Waals surface area contributed by atoms with E-state index >= 15 is 0 Å². The molecule has 0 amide bonds. The van der Waals surface area contributed by atoms with Crippen molar-refractivity contribution in [3.05, 3.63) is 22.2 Å². The molecule has 1 fully saturated rings. The predicted molar refractivity (Wildman–Crippen MR) is 84.5 cm³/mol. The summed E-state index contributed by atoms with van der Waals surface area (Å²) < 4.78 is 8.44. The first-order valence-electron chi connectivity index (χ1n) is 7.01. The minimum absolute atomic E-state index is 0.753. The maximum absolute atomic E-state index is 5.39. The molecular weight excluding hydrogens is 320 g/mol. The number of anilines is 1. The third-order valence-electron chi connectivity index (χ3n) is 3.12. The number of nitrogens with zero attached hydrogens (tertiary/aromatic N) is 4. The Balaban J connectivity index is 0.000000704. The summed E-state index contributed by atoms with van der Waals surface area (Å²) in [6, 6.07) is 0. The number of aryl methyl sites for hydroxylation is 2. The Morgan fingerprint density at radius 2 is 1.80 bits per heavy atom. The van der Waals surface area contributed by atoms with Crippen molar-refractivity contribution in [2.75, 3.05) is 31.2 Å². The highest BCUT2D eigenvalue weighted by Crippen LogP contribution is 2.25. The fourth-order valence-electron chi connectivity index (χ4n) is 2.22. The molecule has 0 atom stereocenters. The maximum Gasteiger partial charge on any atom is 0.181 e. The molecule has 3 rings (SSSR count). The number of morpholine rings is 1. The van der Waals surface area contributed by atoms with Crippen LogP contribution >= 0.6 is 15.9 Å². The Hall–Kier alpha value is -1.14. The fraction of sp³-hybridized carbons (Fsp3) is 0.571. The molecule has 0 saturated carbocycles. The maximum atomic E-state index is 5.39. The average molecular weight is 341 g/mol. The lowest BCUT2D eigenvalue weighted by atomic mass is 10.4. The molecule has 6 heteroatoms. The SMILES string of the molecule is CC.Cc1cn2c(Br)c(C)nc2c(N2CCOCC2)n1. The summed E-state index contributed by atoms with van der Waals surface area (Å²) in [6.45, 7) is 11.2. The normalized spacial score (nSPS) is 15.2. The summed E-state index contributed by atoms with van der Waals surface area (Å²) in [5.74, 6) is 0.951. The first-order chi connectivity index (χ1) is 9.66. The lowest BCUT2D eigenvalue weighted by Crippen LogP contribution is -2.37. The number of hydrogen-bond acceptors (Lipinski definition) is 4. The van der Waals surface area contributed by atoms with Crippen molar-refractivity contribution in [3.8, 4) is 0 Å². The van der Waals surface area contributed by atoms with E-state index in [0.29, 0.717) is 0 Å². The number of rotatable bonds is 1. The van der Waals surface area contributed by atoms with E-state index in [4.69, 9.17) is 4.74 Å². The second-order valence-corrected chi connectivity index (χ2v) is 5.24. The predicted octanol–water partition coefficient (Wildman–Crippen LogP) is 2.97. The van der Waals surface area contributed by atoms with Gasteiger partial charge in [0.1, 0.15) is 4.60 Å². The molecule has 1 aliphatic heterocycles. The first kappa shape index (κ1) is 15.3. The zero-order valence-electron chi connectivity index (χ0n) is 12.5. The number of halogens is 1. The van der Waals surface area contributed by atoms with E-state index < -0.39 is 0 Å². The van der Waals surface area contributed by atoms with E-state index in [1.807, 2.05) is 33.9 Å². The number of hydrogen-bond donors (Lipinski definition) is 0. The minimum atomic E-state index is 0.753. The molecule has 5 nitrogen and oxygen atoms in total. The molecule has 1 saturated heterocycles. The lowest BCUT2D eigenvalue weighted by Gasteiger charge is -2.28. The topological polar surface area (TPSA) is 42.7 Å². The van der Waals surface area contributed by atoms with Crippen molar-refractivity contribution < 1.29 is 4.74 Å². The number of fused-ring (bicyclic) bond motifs is 1. The van der Waals surface area contributed by atoms with Gasteiger partial charge in [-0.1, -0.05) is 13.8 Å². The van der Waals surface area contributed by atoms with Crippen LogP contribution in [0.2, 0.25) is 0 Å². The molecule has 2 aromatic rings. The molecule has 0 N–H and O–H groups in total. The molecule has 0 bridgehead atoms. The summed E-state index contributed by atoms with van der Waals surface area (Å²) in [4.78, 5) is 11.5. The van der Waals surface area contributed by atoms with Gasteiger partial charge in [-0.25, -0.2) is 9.97 Å². The van der Waals surface area contributed by atoms with Gasteiger partial charge in [0.25, 0.3) is 0 Å². The summed E-state index contributed by atoms with van der Waals surface area (Å²) in [5, 5.41) is 0. The monoisotopic (exact) mass is 340 g/mol. The zero-order valence-corrected chi connectivity index (χ0v) is 14.1. The van der Waals surface area contributed by atoms with Crippen LogP contribution in [0.25, 0.3) is 5.65 Å². The Morgan fingerprint density at radius 3 is 2.45 bits per heavy atom. The second-order valence-electron chi connectivity index (χ2n) is 4.49. The Bertz CT molecular complexity index is 590. The Labute approximate surface area is 128 Å². The van der Waals surface area contributed by atoms with Crippen LogP contribution < -0.4 is 4.90 Å². The molecule has 0 unspecified atom stereocenters. The first-order valence-corrected chi connectivity index (χ1v) is 7.80. The van der Waals surface area contributed by atoms with Crippen LogP contribution in [0.5, 0.6) is 0 Å². The quantitative estimate of drug-likeness (QED) is 0.800. The Kier molecular flexibility index (Phi) is 4.99. The van der Waals surface area contributed by atoms with E-state index in [9.17, 15) is 0 Å². The smallest absolute Gasteiger partial charge is 0.181 e. The largest absolute Gasteiger partial charge is 0.378 e. The molecule has 1 aliphatic rings. The highest BCUT2D eigenvalue weighted by atomic mass is 79.9. The standard InChI is InChI=1S/C12H15BrN4O.C2H6/c1-8-7-17-10(13)9(2)15-12(17)11(14-8)16-3-5-18-6-4-16;1-2/h7H,3-6H2,1-2H3;1-2H3. The van der Waals surface area contributed by atoms with Crippen molar-refractivity contribution in [3.63, 3.8) is 0 Å². The average Bonchev–Trinajstić information content (AvgIpc) is 2.77. The van der Waals surface area contributed by atoms with Gasteiger partial charge in [-0.2, -0.15) is 0 Å². The van der Waals surface area contributed by atoms with Crippen LogP contribution in [0.1, 0.15) is 25.2 Å². The van der Waals surface area contributed by atoms with E-state index in [1.165, 1.54) is 0 Å². The summed E-state index contributed by atoms with van der Waals surface area (Å²) in [5.41, 5.74) is 2.88. The van der Waals surface area contributed by atoms with Gasteiger partial charge in [0, 0.05) is 19.3 Å². The van der Waals surface area contributed by atoms with Crippen molar-refractivity contribution in [2.45, 2.75) is 27.7 Å². The molecule has 2 aromatic heterocycles. The van der Waals surface area contributed by atoms with Gasteiger partial charge in [0.2, 0.25) is 0 Å². The van der Waals surface area contributed by atoms with Crippen molar-refractivity contribution >= 4 is 27.4 Å². The highest BCUT2D eigenvalue weighted by molar-refractivity contribution is 9.10. The molecule has 0 spiro atoms. The van der Waals surface area contributed by atoms with Crippen LogP contribution in [0.15, 0.2) is 10.8 Å². The zero-order chi connectivity index (χ0) is 14.7. The van der Waals surface area contributed by atoms with E-state index in [-0.39, 0.29) is 0 Å². The van der Waals surface area contributed by atoms with E-state index in [1.54, 1.807) is 0 Å². The van der Waals surface area contributed by atoms with E-state index in [0.717, 1.165) is 53.8 Å². The van der Waals surface area contributed by atoms with Crippen LogP contribution in [0.4, 0.5) is 5.82 Å². The number of aromatic nitrogens is 3. The number of imidazole rings is 1. The van der Waals surface area contributed by atoms with Gasteiger partial charge in [0.05, 0.1) is 24.6 Å². The highest BCUT2D eigenvalue weighted by Gasteiger charge is 2.19. The molecule has 0 radical (unpaired) electrons. The van der Waals surface area contributed by atoms with Crippen LogP contribution in [-0.4, -0.2) is 40.7 Å². The van der Waals surface area contributed by atoms with E-state index in [2.05, 4.69) is 35.2 Å². The molecular formula is C14H21BrN4O. The van der Waals surface area contributed by atoms with Crippen molar-refractivity contribution in [1.29, 1.82) is 0 Å². The fourth-order valence-corrected chi connectivity index (χ4v) is 2.58. The molecule has 3 heterocycles. The number of ether oxygens (including phenoxy) is 1. The van der Waals surface area contributed by atoms with Crippen molar-refractivity contribution in [1.82, 2.24) is 14.4 Å². The summed E-state index contributed by atoms with van der Waals surface area (Å²) in [6.07, 6.45) is 2.00.